The van der Waals surface area contributed by atoms with Crippen LogP contribution in [0.5, 0.6) is 11.5 Å². The van der Waals surface area contributed by atoms with Crippen molar-refractivity contribution in [1.82, 2.24) is 9.88 Å². The summed E-state index contributed by atoms with van der Waals surface area (Å²) in [6, 6.07) is 12.6. The van der Waals surface area contributed by atoms with Crippen molar-refractivity contribution in [2.75, 3.05) is 20.8 Å². The van der Waals surface area contributed by atoms with E-state index in [0.717, 1.165) is 44.8 Å². The number of aromatic nitrogens is 1. The van der Waals surface area contributed by atoms with Crippen molar-refractivity contribution >= 4 is 10.9 Å². The molecule has 0 N–H and O–H groups in total. The molecule has 0 saturated carbocycles. The minimum absolute atomic E-state index is 0.481. The molecule has 0 fully saturated rings. The molecule has 4 heteroatoms. The molecule has 1 aromatic heterocycles. The van der Waals surface area contributed by atoms with E-state index >= 15 is 0 Å². The molecular weight excluding hydrogens is 336 g/mol. The van der Waals surface area contributed by atoms with Crippen LogP contribution in [0.1, 0.15) is 27.9 Å². The molecule has 3 rings (SSSR count). The van der Waals surface area contributed by atoms with Crippen LogP contribution in [0.25, 0.3) is 10.9 Å². The van der Waals surface area contributed by atoms with Crippen LogP contribution < -0.4 is 9.47 Å². The van der Waals surface area contributed by atoms with E-state index in [1.165, 1.54) is 5.56 Å². The molecule has 0 aliphatic heterocycles. The maximum atomic E-state index is 6.25. The van der Waals surface area contributed by atoms with Crippen LogP contribution in [0.2, 0.25) is 0 Å². The number of fused-ring (bicyclic) bond motifs is 1. The van der Waals surface area contributed by atoms with Gasteiger partial charge in [0.2, 0.25) is 0 Å². The number of hydrogen-bond donors (Lipinski definition) is 0. The molecular formula is C23H28N2O2. The van der Waals surface area contributed by atoms with E-state index in [2.05, 4.69) is 39.0 Å². The van der Waals surface area contributed by atoms with E-state index in [9.17, 15) is 0 Å². The molecule has 142 valence electrons. The van der Waals surface area contributed by atoms with E-state index in [0.29, 0.717) is 13.3 Å². The molecule has 1 heterocycles. The molecule has 27 heavy (non-hydrogen) atoms. The summed E-state index contributed by atoms with van der Waals surface area (Å²) in [7, 11) is 3.97. The van der Waals surface area contributed by atoms with Crippen LogP contribution in [0, 0.1) is 27.7 Å². The van der Waals surface area contributed by atoms with Gasteiger partial charge in [0, 0.05) is 11.1 Å². The van der Waals surface area contributed by atoms with Gasteiger partial charge in [-0.05, 0) is 82.2 Å². The minimum Gasteiger partial charge on any atom is -0.486 e. The van der Waals surface area contributed by atoms with Crippen molar-refractivity contribution in [2.45, 2.75) is 34.3 Å². The van der Waals surface area contributed by atoms with Crippen LogP contribution in [0.3, 0.4) is 0 Å². The van der Waals surface area contributed by atoms with Gasteiger partial charge in [0.05, 0.1) is 0 Å². The van der Waals surface area contributed by atoms with Gasteiger partial charge in [0.25, 0.3) is 0 Å². The van der Waals surface area contributed by atoms with Gasteiger partial charge >= 0.3 is 0 Å². The molecule has 4 nitrogen and oxygen atoms in total. The summed E-state index contributed by atoms with van der Waals surface area (Å²) in [6.07, 6.45) is 0. The fraction of sp³-hybridized carbons (Fsp3) is 0.348. The largest absolute Gasteiger partial charge is 0.486 e. The Kier molecular flexibility index (Phi) is 5.66. The summed E-state index contributed by atoms with van der Waals surface area (Å²) in [6.45, 7) is 9.31. The maximum absolute atomic E-state index is 6.25. The Balaban J connectivity index is 1.88. The first-order valence-electron chi connectivity index (χ1n) is 9.22. The number of rotatable bonds is 6. The summed E-state index contributed by atoms with van der Waals surface area (Å²) in [5.41, 5.74) is 6.50. The second-order valence-corrected chi connectivity index (χ2v) is 7.48. The van der Waals surface area contributed by atoms with Gasteiger partial charge in [-0.3, -0.25) is 4.90 Å². The first-order valence-corrected chi connectivity index (χ1v) is 9.22. The van der Waals surface area contributed by atoms with E-state index < -0.39 is 0 Å². The molecule has 0 atom stereocenters. The van der Waals surface area contributed by atoms with Gasteiger partial charge < -0.3 is 9.47 Å². The third kappa shape index (κ3) is 4.58. The highest BCUT2D eigenvalue weighted by molar-refractivity contribution is 5.88. The molecule has 0 aliphatic rings. The minimum atomic E-state index is 0.481. The Hall–Kier alpha value is -2.59. The van der Waals surface area contributed by atoms with E-state index in [-0.39, 0.29) is 0 Å². The van der Waals surface area contributed by atoms with Crippen LogP contribution in [-0.4, -0.2) is 30.7 Å². The molecule has 0 amide bonds. The molecule has 0 spiro atoms. The second-order valence-electron chi connectivity index (χ2n) is 7.48. The van der Waals surface area contributed by atoms with E-state index in [4.69, 9.17) is 14.5 Å². The van der Waals surface area contributed by atoms with Crippen LogP contribution in [-0.2, 0) is 6.61 Å². The summed E-state index contributed by atoms with van der Waals surface area (Å²) >= 11 is 0. The third-order valence-electron chi connectivity index (χ3n) is 4.45. The van der Waals surface area contributed by atoms with Crippen molar-refractivity contribution in [1.29, 1.82) is 0 Å². The van der Waals surface area contributed by atoms with Crippen molar-refractivity contribution < 1.29 is 9.47 Å². The highest BCUT2D eigenvalue weighted by atomic mass is 16.5. The zero-order valence-electron chi connectivity index (χ0n) is 17.1. The van der Waals surface area contributed by atoms with Crippen LogP contribution >= 0.6 is 0 Å². The van der Waals surface area contributed by atoms with E-state index in [1.807, 2.05) is 44.1 Å². The van der Waals surface area contributed by atoms with Crippen molar-refractivity contribution in [3.05, 3.63) is 64.3 Å². The standard InChI is InChI=1S/C23H28N2O2/c1-15-9-19(12-20(10-15)27-14-25(5)6)13-26-23-17(3)11-16(2)21-8-7-18(4)24-22(21)23/h7-12H,13-14H2,1-6H3. The number of hydrogen-bond acceptors (Lipinski definition) is 4. The topological polar surface area (TPSA) is 34.6 Å². The van der Waals surface area contributed by atoms with Gasteiger partial charge in [0.1, 0.15) is 30.4 Å². The zero-order valence-corrected chi connectivity index (χ0v) is 17.1. The van der Waals surface area contributed by atoms with E-state index in [1.54, 1.807) is 0 Å². The summed E-state index contributed by atoms with van der Waals surface area (Å²) < 4.78 is 12.1. The Morgan fingerprint density at radius 2 is 1.67 bits per heavy atom. The normalized spacial score (nSPS) is 11.2. The smallest absolute Gasteiger partial charge is 0.148 e. The second kappa shape index (κ2) is 7.97. The number of ether oxygens (including phenoxy) is 2. The maximum Gasteiger partial charge on any atom is 0.148 e. The number of aryl methyl sites for hydroxylation is 4. The highest BCUT2D eigenvalue weighted by Crippen LogP contribution is 2.32. The molecule has 0 unspecified atom stereocenters. The number of pyridine rings is 1. The van der Waals surface area contributed by atoms with Crippen LogP contribution in [0.15, 0.2) is 36.4 Å². The fourth-order valence-corrected chi connectivity index (χ4v) is 3.24. The number of benzene rings is 2. The van der Waals surface area contributed by atoms with Crippen LogP contribution in [0.4, 0.5) is 0 Å². The summed E-state index contributed by atoms with van der Waals surface area (Å²) in [4.78, 5) is 6.73. The predicted molar refractivity (Wildman–Crippen MR) is 111 cm³/mol. The lowest BCUT2D eigenvalue weighted by atomic mass is 10.0. The SMILES string of the molecule is Cc1cc(COc2c(C)cc(C)c3ccc(C)nc23)cc(OCN(C)C)c1. The third-order valence-corrected chi connectivity index (χ3v) is 4.45. The first-order chi connectivity index (χ1) is 12.8. The Labute approximate surface area is 161 Å². The molecule has 0 radical (unpaired) electrons. The van der Waals surface area contributed by atoms with Gasteiger partial charge in [-0.2, -0.15) is 0 Å². The molecule has 2 aromatic carbocycles. The lowest BCUT2D eigenvalue weighted by molar-refractivity contribution is 0.179. The quantitative estimate of drug-likeness (QED) is 0.580. The van der Waals surface area contributed by atoms with Gasteiger partial charge in [0.15, 0.2) is 0 Å². The number of nitrogens with zero attached hydrogens (tertiary/aromatic N) is 2. The Bertz CT molecular complexity index is 964. The molecule has 0 saturated heterocycles. The lowest BCUT2D eigenvalue weighted by Crippen LogP contribution is -2.18. The summed E-state index contributed by atoms with van der Waals surface area (Å²) in [5.74, 6) is 1.72. The average molecular weight is 364 g/mol. The monoisotopic (exact) mass is 364 g/mol. The molecule has 0 bridgehead atoms. The fourth-order valence-electron chi connectivity index (χ4n) is 3.24. The van der Waals surface area contributed by atoms with Gasteiger partial charge in [-0.15, -0.1) is 0 Å². The molecule has 3 aromatic rings. The van der Waals surface area contributed by atoms with Crippen molar-refractivity contribution in [3.63, 3.8) is 0 Å². The Morgan fingerprint density at radius 1 is 0.889 bits per heavy atom. The van der Waals surface area contributed by atoms with Crippen molar-refractivity contribution in [2.24, 2.45) is 0 Å². The molecule has 0 aliphatic carbocycles. The average Bonchev–Trinajstić information content (AvgIpc) is 2.59. The highest BCUT2D eigenvalue weighted by Gasteiger charge is 2.12. The van der Waals surface area contributed by atoms with Gasteiger partial charge in [-0.1, -0.05) is 18.2 Å². The van der Waals surface area contributed by atoms with Gasteiger partial charge in [-0.25, -0.2) is 4.98 Å². The predicted octanol–water partition coefficient (Wildman–Crippen LogP) is 4.95. The summed E-state index contributed by atoms with van der Waals surface area (Å²) in [5, 5.41) is 1.14. The zero-order chi connectivity index (χ0) is 19.6. The van der Waals surface area contributed by atoms with Crippen molar-refractivity contribution in [3.8, 4) is 11.5 Å². The Morgan fingerprint density at radius 3 is 2.41 bits per heavy atom. The lowest BCUT2D eigenvalue weighted by Gasteiger charge is -2.16. The first kappa shape index (κ1) is 19.2.